The zero-order chi connectivity index (χ0) is 18.8. The second-order valence-corrected chi connectivity index (χ2v) is 7.16. The zero-order valence-corrected chi connectivity index (χ0v) is 16.3. The Kier molecular flexibility index (Phi) is 4.69. The molecule has 0 unspecified atom stereocenters. The fourth-order valence-corrected chi connectivity index (χ4v) is 4.08. The van der Waals surface area contributed by atoms with Crippen molar-refractivity contribution in [3.8, 4) is 33.4 Å². The first kappa shape index (κ1) is 17.4. The maximum absolute atomic E-state index is 6.75. The lowest BCUT2D eigenvalue weighted by atomic mass is 9.88. The number of hydrogen-bond donors (Lipinski definition) is 2. The van der Waals surface area contributed by atoms with Crippen LogP contribution < -0.4 is 11.5 Å². The lowest BCUT2D eigenvalue weighted by molar-refractivity contribution is 1.53. The van der Waals surface area contributed by atoms with Crippen LogP contribution in [0, 0.1) is 0 Å². The molecule has 4 aromatic carbocycles. The van der Waals surface area contributed by atoms with E-state index in [0.717, 1.165) is 37.9 Å². The highest BCUT2D eigenvalue weighted by Gasteiger charge is 2.22. The highest BCUT2D eigenvalue weighted by Crippen LogP contribution is 2.50. The summed E-state index contributed by atoms with van der Waals surface area (Å²) in [7, 11) is 0. The Hall–Kier alpha value is -3.04. The number of halogens is 1. The number of anilines is 2. The smallest absolute Gasteiger partial charge is 0.0565 e. The molecule has 0 heterocycles. The van der Waals surface area contributed by atoms with Crippen molar-refractivity contribution in [3.05, 3.63) is 95.5 Å². The molecule has 0 aromatic heterocycles. The first-order chi connectivity index (χ1) is 13.2. The Labute approximate surface area is 167 Å². The van der Waals surface area contributed by atoms with E-state index in [4.69, 9.17) is 11.5 Å². The molecule has 132 valence electrons. The molecule has 27 heavy (non-hydrogen) atoms. The molecule has 0 saturated heterocycles. The van der Waals surface area contributed by atoms with Gasteiger partial charge in [-0.3, -0.25) is 0 Å². The summed E-state index contributed by atoms with van der Waals surface area (Å²) in [6.45, 7) is 0. The van der Waals surface area contributed by atoms with Crippen LogP contribution in [-0.2, 0) is 0 Å². The van der Waals surface area contributed by atoms with Crippen molar-refractivity contribution >= 4 is 27.3 Å². The van der Waals surface area contributed by atoms with Crippen LogP contribution in [0.1, 0.15) is 0 Å². The number of rotatable bonds is 3. The number of benzene rings is 4. The molecule has 0 fully saturated rings. The monoisotopic (exact) mass is 414 g/mol. The summed E-state index contributed by atoms with van der Waals surface area (Å²) in [6, 6.07) is 30.5. The van der Waals surface area contributed by atoms with Crippen molar-refractivity contribution < 1.29 is 0 Å². The summed E-state index contributed by atoms with van der Waals surface area (Å²) in [4.78, 5) is 0. The average molecular weight is 415 g/mol. The average Bonchev–Trinajstić information content (AvgIpc) is 2.73. The van der Waals surface area contributed by atoms with Gasteiger partial charge in [-0.1, -0.05) is 91.0 Å². The molecule has 4 aromatic rings. The van der Waals surface area contributed by atoms with Gasteiger partial charge in [0.15, 0.2) is 0 Å². The third kappa shape index (κ3) is 3.11. The molecule has 0 amide bonds. The molecule has 0 atom stereocenters. The first-order valence-electron chi connectivity index (χ1n) is 8.75. The van der Waals surface area contributed by atoms with Gasteiger partial charge in [0.2, 0.25) is 0 Å². The second-order valence-electron chi connectivity index (χ2n) is 6.36. The summed E-state index contributed by atoms with van der Waals surface area (Å²) >= 11 is 3.77. The summed E-state index contributed by atoms with van der Waals surface area (Å²) in [5.41, 5.74) is 20.7. The third-order valence-electron chi connectivity index (χ3n) is 4.70. The lowest BCUT2D eigenvalue weighted by Crippen LogP contribution is -2.03. The van der Waals surface area contributed by atoms with E-state index in [1.165, 1.54) is 0 Å². The Bertz CT molecular complexity index is 1080. The molecule has 0 aliphatic rings. The van der Waals surface area contributed by atoms with Crippen LogP contribution in [0.15, 0.2) is 95.5 Å². The summed E-state index contributed by atoms with van der Waals surface area (Å²) in [6.07, 6.45) is 0. The molecule has 0 aliphatic heterocycles. The predicted octanol–water partition coefficient (Wildman–Crippen LogP) is 6.61. The van der Waals surface area contributed by atoms with E-state index in [-0.39, 0.29) is 0 Å². The van der Waals surface area contributed by atoms with Gasteiger partial charge in [0, 0.05) is 21.2 Å². The molecule has 2 nitrogen and oxygen atoms in total. The van der Waals surface area contributed by atoms with Gasteiger partial charge in [-0.2, -0.15) is 0 Å². The van der Waals surface area contributed by atoms with Crippen molar-refractivity contribution in [2.24, 2.45) is 0 Å². The van der Waals surface area contributed by atoms with Crippen LogP contribution in [0.4, 0.5) is 11.4 Å². The van der Waals surface area contributed by atoms with E-state index in [9.17, 15) is 0 Å². The second kappa shape index (κ2) is 7.29. The van der Waals surface area contributed by atoms with Gasteiger partial charge in [-0.05, 0) is 32.6 Å². The van der Waals surface area contributed by atoms with Gasteiger partial charge in [-0.25, -0.2) is 0 Å². The van der Waals surface area contributed by atoms with Crippen molar-refractivity contribution in [1.82, 2.24) is 0 Å². The molecular weight excluding hydrogens is 396 g/mol. The Morgan fingerprint density at radius 3 is 1.26 bits per heavy atom. The van der Waals surface area contributed by atoms with E-state index < -0.39 is 0 Å². The quantitative estimate of drug-likeness (QED) is 0.370. The van der Waals surface area contributed by atoms with E-state index in [0.29, 0.717) is 11.4 Å². The first-order valence-corrected chi connectivity index (χ1v) is 9.54. The molecule has 3 heteroatoms. The predicted molar refractivity (Wildman–Crippen MR) is 119 cm³/mol. The molecule has 4 N–H and O–H groups in total. The van der Waals surface area contributed by atoms with E-state index >= 15 is 0 Å². The van der Waals surface area contributed by atoms with Gasteiger partial charge in [0.05, 0.1) is 11.4 Å². The van der Waals surface area contributed by atoms with Crippen LogP contribution >= 0.6 is 15.9 Å². The van der Waals surface area contributed by atoms with Crippen molar-refractivity contribution in [3.63, 3.8) is 0 Å². The minimum absolute atomic E-state index is 0.650. The van der Waals surface area contributed by atoms with Gasteiger partial charge < -0.3 is 11.5 Å². The maximum Gasteiger partial charge on any atom is 0.0565 e. The SMILES string of the molecule is Nc1c(Br)c(-c2ccccc2)c(-c2ccccc2)c(N)c1-c1ccccc1. The van der Waals surface area contributed by atoms with E-state index in [1.54, 1.807) is 0 Å². The highest BCUT2D eigenvalue weighted by molar-refractivity contribution is 9.10. The standard InChI is InChI=1S/C24H19BrN2/c25-22-19(16-10-4-1-5-11-16)20(17-12-6-2-7-13-17)23(26)21(24(22)27)18-14-8-3-9-15-18/h1-15H,26-27H2. The summed E-state index contributed by atoms with van der Waals surface area (Å²) in [5.74, 6) is 0. The van der Waals surface area contributed by atoms with Gasteiger partial charge >= 0.3 is 0 Å². The molecule has 0 radical (unpaired) electrons. The van der Waals surface area contributed by atoms with Crippen LogP contribution in [0.2, 0.25) is 0 Å². The normalized spacial score (nSPS) is 10.7. The number of nitrogens with two attached hydrogens (primary N) is 2. The molecule has 0 bridgehead atoms. The van der Waals surface area contributed by atoms with Crippen LogP contribution in [-0.4, -0.2) is 0 Å². The Balaban J connectivity index is 2.12. The summed E-state index contributed by atoms with van der Waals surface area (Å²) < 4.78 is 0.862. The Morgan fingerprint density at radius 2 is 0.815 bits per heavy atom. The lowest BCUT2D eigenvalue weighted by Gasteiger charge is -2.21. The summed E-state index contributed by atoms with van der Waals surface area (Å²) in [5, 5.41) is 0. The van der Waals surface area contributed by atoms with Gasteiger partial charge in [0.25, 0.3) is 0 Å². The number of nitrogen functional groups attached to an aromatic ring is 2. The van der Waals surface area contributed by atoms with Crippen molar-refractivity contribution in [1.29, 1.82) is 0 Å². The van der Waals surface area contributed by atoms with Crippen molar-refractivity contribution in [2.75, 3.05) is 11.5 Å². The molecule has 4 rings (SSSR count). The molecule has 0 aliphatic carbocycles. The fourth-order valence-electron chi connectivity index (χ4n) is 3.46. The minimum Gasteiger partial charge on any atom is -0.398 e. The number of hydrogen-bond acceptors (Lipinski definition) is 2. The molecular formula is C24H19BrN2. The van der Waals surface area contributed by atoms with Crippen LogP contribution in [0.3, 0.4) is 0 Å². The van der Waals surface area contributed by atoms with Gasteiger partial charge in [-0.15, -0.1) is 0 Å². The topological polar surface area (TPSA) is 52.0 Å². The Morgan fingerprint density at radius 1 is 0.444 bits per heavy atom. The highest BCUT2D eigenvalue weighted by atomic mass is 79.9. The minimum atomic E-state index is 0.650. The fraction of sp³-hybridized carbons (Fsp3) is 0. The largest absolute Gasteiger partial charge is 0.398 e. The van der Waals surface area contributed by atoms with Crippen LogP contribution in [0.25, 0.3) is 33.4 Å². The van der Waals surface area contributed by atoms with E-state index in [2.05, 4.69) is 40.2 Å². The van der Waals surface area contributed by atoms with Gasteiger partial charge in [0.1, 0.15) is 0 Å². The van der Waals surface area contributed by atoms with E-state index in [1.807, 2.05) is 66.7 Å². The third-order valence-corrected chi connectivity index (χ3v) is 5.53. The van der Waals surface area contributed by atoms with Crippen molar-refractivity contribution in [2.45, 2.75) is 0 Å². The molecule has 0 saturated carbocycles. The van der Waals surface area contributed by atoms with Crippen LogP contribution in [0.5, 0.6) is 0 Å². The maximum atomic E-state index is 6.75. The molecule has 0 spiro atoms. The zero-order valence-electron chi connectivity index (χ0n) is 14.7.